The van der Waals surface area contributed by atoms with Gasteiger partial charge in [-0.05, 0) is 37.7 Å². The molecular formula is C15H19N5O. The highest BCUT2D eigenvalue weighted by molar-refractivity contribution is 5.78. The molecule has 2 aromatic rings. The first-order valence-electron chi connectivity index (χ1n) is 7.40. The fourth-order valence-corrected chi connectivity index (χ4v) is 2.57. The molecule has 1 atom stereocenters. The van der Waals surface area contributed by atoms with E-state index in [-0.39, 0.29) is 11.8 Å². The second kappa shape index (κ2) is 6.47. The minimum absolute atomic E-state index is 0.156. The van der Waals surface area contributed by atoms with Crippen molar-refractivity contribution in [1.82, 2.24) is 24.9 Å². The standard InChI is InChI=1S/C15H19N5O/c21-14(13-6-2-1-3-7-13)16-8-4-5-12-9-17-15-18-11-19-20(15)10-12/h1-2,9-11,13H,3-8H2,(H,16,21). The molecule has 110 valence electrons. The molecule has 0 spiro atoms. The average Bonchev–Trinajstić information content (AvgIpc) is 3.00. The molecule has 1 aliphatic carbocycles. The normalized spacial score (nSPS) is 18.0. The van der Waals surface area contributed by atoms with E-state index in [2.05, 4.69) is 32.5 Å². The van der Waals surface area contributed by atoms with Crippen LogP contribution in [-0.2, 0) is 11.2 Å². The lowest BCUT2D eigenvalue weighted by molar-refractivity contribution is -0.125. The number of carbonyl (C=O) groups excluding carboxylic acids is 1. The van der Waals surface area contributed by atoms with Crippen LogP contribution >= 0.6 is 0 Å². The summed E-state index contributed by atoms with van der Waals surface area (Å²) >= 11 is 0. The molecular weight excluding hydrogens is 266 g/mol. The number of carbonyl (C=O) groups is 1. The van der Waals surface area contributed by atoms with Gasteiger partial charge in [0.1, 0.15) is 6.33 Å². The molecule has 3 rings (SSSR count). The Morgan fingerprint density at radius 3 is 3.19 bits per heavy atom. The predicted octanol–water partition coefficient (Wildman–Crippen LogP) is 1.53. The van der Waals surface area contributed by atoms with Crippen molar-refractivity contribution >= 4 is 11.7 Å². The number of aromatic nitrogens is 4. The number of amides is 1. The van der Waals surface area contributed by atoms with E-state index in [1.54, 1.807) is 4.52 Å². The molecule has 0 aromatic carbocycles. The van der Waals surface area contributed by atoms with Crippen LogP contribution in [0.4, 0.5) is 0 Å². The third-order valence-corrected chi connectivity index (χ3v) is 3.77. The molecule has 0 fully saturated rings. The smallest absolute Gasteiger partial charge is 0.252 e. The van der Waals surface area contributed by atoms with Crippen molar-refractivity contribution in [2.75, 3.05) is 6.54 Å². The zero-order valence-corrected chi connectivity index (χ0v) is 11.9. The first-order valence-corrected chi connectivity index (χ1v) is 7.40. The van der Waals surface area contributed by atoms with Crippen LogP contribution in [0.1, 0.15) is 31.2 Å². The van der Waals surface area contributed by atoms with Gasteiger partial charge in [-0.15, -0.1) is 0 Å². The summed E-state index contributed by atoms with van der Waals surface area (Å²) < 4.78 is 1.67. The monoisotopic (exact) mass is 285 g/mol. The molecule has 0 radical (unpaired) electrons. The van der Waals surface area contributed by atoms with Crippen LogP contribution in [-0.4, -0.2) is 32.0 Å². The van der Waals surface area contributed by atoms with Gasteiger partial charge >= 0.3 is 0 Å². The number of hydrogen-bond donors (Lipinski definition) is 1. The van der Waals surface area contributed by atoms with Crippen LogP contribution in [0.5, 0.6) is 0 Å². The summed E-state index contributed by atoms with van der Waals surface area (Å²) in [6, 6.07) is 0. The van der Waals surface area contributed by atoms with Crippen LogP contribution in [0.3, 0.4) is 0 Å². The first-order chi connectivity index (χ1) is 10.3. The van der Waals surface area contributed by atoms with Crippen LogP contribution in [0.25, 0.3) is 5.78 Å². The number of hydrogen-bond acceptors (Lipinski definition) is 4. The maximum absolute atomic E-state index is 12.0. The molecule has 1 unspecified atom stereocenters. The summed E-state index contributed by atoms with van der Waals surface area (Å²) in [5.74, 6) is 0.949. The van der Waals surface area contributed by atoms with Crippen LogP contribution in [0, 0.1) is 5.92 Å². The van der Waals surface area contributed by atoms with Crippen molar-refractivity contribution in [3.8, 4) is 0 Å². The van der Waals surface area contributed by atoms with Gasteiger partial charge in [0.2, 0.25) is 5.91 Å². The molecule has 1 N–H and O–H groups in total. The van der Waals surface area contributed by atoms with Gasteiger partial charge in [0.15, 0.2) is 0 Å². The average molecular weight is 285 g/mol. The highest BCUT2D eigenvalue weighted by Gasteiger charge is 2.17. The lowest BCUT2D eigenvalue weighted by Crippen LogP contribution is -2.32. The number of aryl methyl sites for hydroxylation is 1. The van der Waals surface area contributed by atoms with E-state index >= 15 is 0 Å². The molecule has 2 heterocycles. The van der Waals surface area contributed by atoms with Crippen molar-refractivity contribution in [2.24, 2.45) is 5.92 Å². The number of rotatable bonds is 5. The van der Waals surface area contributed by atoms with E-state index in [1.807, 2.05) is 12.4 Å². The number of nitrogens with one attached hydrogen (secondary N) is 1. The SMILES string of the molecule is O=C(NCCCc1cnc2ncnn2c1)C1CC=CCC1. The Labute approximate surface area is 123 Å². The number of nitrogens with zero attached hydrogens (tertiary/aromatic N) is 4. The number of allylic oxidation sites excluding steroid dienone is 2. The van der Waals surface area contributed by atoms with E-state index in [0.29, 0.717) is 12.3 Å². The maximum Gasteiger partial charge on any atom is 0.252 e. The molecule has 21 heavy (non-hydrogen) atoms. The summed E-state index contributed by atoms with van der Waals surface area (Å²) in [6.45, 7) is 0.703. The topological polar surface area (TPSA) is 72.2 Å². The van der Waals surface area contributed by atoms with Crippen molar-refractivity contribution < 1.29 is 4.79 Å². The molecule has 6 nitrogen and oxygen atoms in total. The summed E-state index contributed by atoms with van der Waals surface area (Å²) in [6.07, 6.45) is 14.1. The number of fused-ring (bicyclic) bond motifs is 1. The molecule has 1 aliphatic rings. The van der Waals surface area contributed by atoms with Crippen molar-refractivity contribution in [3.63, 3.8) is 0 Å². The highest BCUT2D eigenvalue weighted by atomic mass is 16.1. The van der Waals surface area contributed by atoms with Gasteiger partial charge in [0.25, 0.3) is 5.78 Å². The second-order valence-electron chi connectivity index (χ2n) is 5.34. The van der Waals surface area contributed by atoms with Crippen molar-refractivity contribution in [3.05, 3.63) is 36.4 Å². The van der Waals surface area contributed by atoms with E-state index in [1.165, 1.54) is 6.33 Å². The predicted molar refractivity (Wildman–Crippen MR) is 78.6 cm³/mol. The van der Waals surface area contributed by atoms with Gasteiger partial charge in [-0.3, -0.25) is 4.79 Å². The maximum atomic E-state index is 12.0. The fourth-order valence-electron chi connectivity index (χ4n) is 2.57. The first kappa shape index (κ1) is 13.7. The van der Waals surface area contributed by atoms with Crippen LogP contribution < -0.4 is 5.32 Å². The fraction of sp³-hybridized carbons (Fsp3) is 0.467. The van der Waals surface area contributed by atoms with Gasteiger partial charge in [-0.2, -0.15) is 10.1 Å². The molecule has 0 aliphatic heterocycles. The third kappa shape index (κ3) is 3.45. The van der Waals surface area contributed by atoms with Gasteiger partial charge in [0.05, 0.1) is 0 Å². The summed E-state index contributed by atoms with van der Waals surface area (Å²) in [5.41, 5.74) is 1.10. The van der Waals surface area contributed by atoms with Gasteiger partial charge in [0, 0.05) is 24.9 Å². The van der Waals surface area contributed by atoms with E-state index in [4.69, 9.17) is 0 Å². The molecule has 0 saturated carbocycles. The zero-order chi connectivity index (χ0) is 14.5. The summed E-state index contributed by atoms with van der Waals surface area (Å²) in [4.78, 5) is 20.2. The quantitative estimate of drug-likeness (QED) is 0.668. The molecule has 2 aromatic heterocycles. The van der Waals surface area contributed by atoms with Gasteiger partial charge < -0.3 is 5.32 Å². The lowest BCUT2D eigenvalue weighted by atomic mass is 9.94. The van der Waals surface area contributed by atoms with Crippen LogP contribution in [0.2, 0.25) is 0 Å². The van der Waals surface area contributed by atoms with E-state index in [9.17, 15) is 4.79 Å². The summed E-state index contributed by atoms with van der Waals surface area (Å²) in [5, 5.41) is 7.09. The highest BCUT2D eigenvalue weighted by Crippen LogP contribution is 2.17. The minimum atomic E-state index is 0.156. The van der Waals surface area contributed by atoms with E-state index in [0.717, 1.165) is 37.7 Å². The Bertz CT molecular complexity index is 648. The van der Waals surface area contributed by atoms with Crippen molar-refractivity contribution in [2.45, 2.75) is 32.1 Å². The lowest BCUT2D eigenvalue weighted by Gasteiger charge is -2.17. The Morgan fingerprint density at radius 1 is 1.38 bits per heavy atom. The van der Waals surface area contributed by atoms with Crippen molar-refractivity contribution in [1.29, 1.82) is 0 Å². The summed E-state index contributed by atoms with van der Waals surface area (Å²) in [7, 11) is 0. The zero-order valence-electron chi connectivity index (χ0n) is 11.9. The van der Waals surface area contributed by atoms with E-state index < -0.39 is 0 Å². The second-order valence-corrected chi connectivity index (χ2v) is 5.34. The molecule has 6 heteroatoms. The largest absolute Gasteiger partial charge is 0.356 e. The van der Waals surface area contributed by atoms with Gasteiger partial charge in [-0.25, -0.2) is 9.50 Å². The molecule has 0 bridgehead atoms. The Balaban J connectivity index is 1.43. The third-order valence-electron chi connectivity index (χ3n) is 3.77. The Morgan fingerprint density at radius 2 is 2.33 bits per heavy atom. The Kier molecular flexibility index (Phi) is 4.23. The Hall–Kier alpha value is -2.24. The van der Waals surface area contributed by atoms with Crippen LogP contribution in [0.15, 0.2) is 30.9 Å². The molecule has 0 saturated heterocycles. The minimum Gasteiger partial charge on any atom is -0.356 e. The van der Waals surface area contributed by atoms with Gasteiger partial charge in [-0.1, -0.05) is 12.2 Å². The molecule has 1 amide bonds.